The quantitative estimate of drug-likeness (QED) is 0.768. The minimum absolute atomic E-state index is 0.0294. The minimum Gasteiger partial charge on any atom is -0.445 e. The van der Waals surface area contributed by atoms with Crippen LogP contribution in [-0.4, -0.2) is 23.8 Å². The molecule has 0 unspecified atom stereocenters. The summed E-state index contributed by atoms with van der Waals surface area (Å²) in [5, 5.41) is 12.0. The number of carbonyl (C=O) groups excluding carboxylic acids is 1. The second-order valence-corrected chi connectivity index (χ2v) is 4.90. The maximum atomic E-state index is 11.8. The van der Waals surface area contributed by atoms with Gasteiger partial charge in [-0.1, -0.05) is 57.0 Å². The van der Waals surface area contributed by atoms with Gasteiger partial charge in [-0.3, -0.25) is 0 Å². The van der Waals surface area contributed by atoms with E-state index in [9.17, 15) is 4.79 Å². The first kappa shape index (κ1) is 16.5. The maximum Gasteiger partial charge on any atom is 0.407 e. The summed E-state index contributed by atoms with van der Waals surface area (Å²) in [5.74, 6) is 0.367. The van der Waals surface area contributed by atoms with Crippen LogP contribution in [0.4, 0.5) is 4.79 Å². The van der Waals surface area contributed by atoms with E-state index in [2.05, 4.69) is 19.2 Å². The average molecular weight is 279 g/mol. The SMILES string of the molecule is CCC(CC)[C@H](CCO)NC(=O)OCc1ccccc1. The molecule has 2 N–H and O–H groups in total. The lowest BCUT2D eigenvalue weighted by atomic mass is 9.92. The first-order valence-corrected chi connectivity index (χ1v) is 7.29. The van der Waals surface area contributed by atoms with Crippen LogP contribution in [0.1, 0.15) is 38.7 Å². The largest absolute Gasteiger partial charge is 0.445 e. The minimum atomic E-state index is -0.417. The van der Waals surface area contributed by atoms with E-state index in [1.165, 1.54) is 0 Å². The van der Waals surface area contributed by atoms with Crippen LogP contribution in [0.25, 0.3) is 0 Å². The molecular formula is C16H25NO3. The Labute approximate surface area is 121 Å². The van der Waals surface area contributed by atoms with Crippen LogP contribution in [0.5, 0.6) is 0 Å². The van der Waals surface area contributed by atoms with Crippen LogP contribution < -0.4 is 5.32 Å². The van der Waals surface area contributed by atoms with Crippen LogP contribution >= 0.6 is 0 Å². The highest BCUT2D eigenvalue weighted by atomic mass is 16.5. The van der Waals surface area contributed by atoms with Crippen LogP contribution in [-0.2, 0) is 11.3 Å². The molecule has 0 aliphatic heterocycles. The number of nitrogens with one attached hydrogen (secondary N) is 1. The van der Waals surface area contributed by atoms with Gasteiger partial charge < -0.3 is 15.2 Å². The smallest absolute Gasteiger partial charge is 0.407 e. The van der Waals surface area contributed by atoms with Crippen LogP contribution in [0.2, 0.25) is 0 Å². The number of alkyl carbamates (subject to hydrolysis) is 1. The van der Waals surface area contributed by atoms with Crippen molar-refractivity contribution in [2.45, 2.75) is 45.8 Å². The topological polar surface area (TPSA) is 58.6 Å². The van der Waals surface area contributed by atoms with Crippen molar-refractivity contribution < 1.29 is 14.6 Å². The Morgan fingerprint density at radius 3 is 2.45 bits per heavy atom. The van der Waals surface area contributed by atoms with Crippen molar-refractivity contribution in [1.82, 2.24) is 5.32 Å². The lowest BCUT2D eigenvalue weighted by Crippen LogP contribution is -2.41. The molecule has 0 heterocycles. The van der Waals surface area contributed by atoms with E-state index in [0.717, 1.165) is 18.4 Å². The number of amides is 1. The van der Waals surface area contributed by atoms with Gasteiger partial charge in [-0.05, 0) is 17.9 Å². The van der Waals surface area contributed by atoms with Crippen molar-refractivity contribution in [1.29, 1.82) is 0 Å². The summed E-state index contributed by atoms with van der Waals surface area (Å²) < 4.78 is 5.21. The Morgan fingerprint density at radius 1 is 1.25 bits per heavy atom. The van der Waals surface area contributed by atoms with E-state index >= 15 is 0 Å². The van der Waals surface area contributed by atoms with Crippen LogP contribution in [0.15, 0.2) is 30.3 Å². The van der Waals surface area contributed by atoms with E-state index in [-0.39, 0.29) is 19.3 Å². The normalized spacial score (nSPS) is 12.2. The molecule has 1 amide bonds. The first-order chi connectivity index (χ1) is 9.71. The lowest BCUT2D eigenvalue weighted by molar-refractivity contribution is 0.127. The highest BCUT2D eigenvalue weighted by Crippen LogP contribution is 2.16. The van der Waals surface area contributed by atoms with Gasteiger partial charge in [-0.2, -0.15) is 0 Å². The third-order valence-corrected chi connectivity index (χ3v) is 3.57. The molecule has 1 atom stereocenters. The molecule has 0 saturated heterocycles. The van der Waals surface area contributed by atoms with Crippen LogP contribution in [0.3, 0.4) is 0 Å². The summed E-state index contributed by atoms with van der Waals surface area (Å²) in [6, 6.07) is 9.55. The third kappa shape index (κ3) is 5.61. The van der Waals surface area contributed by atoms with Crippen molar-refractivity contribution in [3.05, 3.63) is 35.9 Å². The second-order valence-electron chi connectivity index (χ2n) is 4.90. The summed E-state index contributed by atoms with van der Waals surface area (Å²) in [7, 11) is 0. The summed E-state index contributed by atoms with van der Waals surface area (Å²) in [6.07, 6.45) is 2.09. The van der Waals surface area contributed by atoms with E-state index < -0.39 is 6.09 Å². The van der Waals surface area contributed by atoms with Gasteiger partial charge in [0.15, 0.2) is 0 Å². The Kier molecular flexibility index (Phi) is 7.73. The molecule has 0 aliphatic carbocycles. The van der Waals surface area contributed by atoms with Crippen molar-refractivity contribution >= 4 is 6.09 Å². The fourth-order valence-electron chi connectivity index (χ4n) is 2.34. The van der Waals surface area contributed by atoms with E-state index in [0.29, 0.717) is 12.3 Å². The molecular weight excluding hydrogens is 254 g/mol. The molecule has 0 radical (unpaired) electrons. The zero-order valence-electron chi connectivity index (χ0n) is 12.3. The molecule has 1 rings (SSSR count). The number of hydrogen-bond acceptors (Lipinski definition) is 3. The third-order valence-electron chi connectivity index (χ3n) is 3.57. The zero-order chi connectivity index (χ0) is 14.8. The molecule has 0 spiro atoms. The number of aliphatic hydroxyl groups excluding tert-OH is 1. The van der Waals surface area contributed by atoms with Gasteiger partial charge in [0, 0.05) is 12.6 Å². The van der Waals surface area contributed by atoms with Crippen molar-refractivity contribution in [3.63, 3.8) is 0 Å². The number of carbonyl (C=O) groups is 1. The summed E-state index contributed by atoms with van der Waals surface area (Å²) in [5.41, 5.74) is 0.962. The van der Waals surface area contributed by atoms with Gasteiger partial charge in [-0.25, -0.2) is 4.79 Å². The average Bonchev–Trinajstić information content (AvgIpc) is 2.47. The molecule has 112 valence electrons. The number of hydrogen-bond donors (Lipinski definition) is 2. The molecule has 0 aliphatic rings. The van der Waals surface area contributed by atoms with Crippen molar-refractivity contribution in [2.24, 2.45) is 5.92 Å². The summed E-state index contributed by atoms with van der Waals surface area (Å²) >= 11 is 0. The Balaban J connectivity index is 2.45. The summed E-state index contributed by atoms with van der Waals surface area (Å²) in [4.78, 5) is 11.8. The van der Waals surface area contributed by atoms with Gasteiger partial charge in [-0.15, -0.1) is 0 Å². The van der Waals surface area contributed by atoms with Gasteiger partial charge >= 0.3 is 6.09 Å². The lowest BCUT2D eigenvalue weighted by Gasteiger charge is -2.25. The molecule has 0 saturated carbocycles. The maximum absolute atomic E-state index is 11.8. The molecule has 1 aromatic carbocycles. The van der Waals surface area contributed by atoms with Gasteiger partial charge in [0.05, 0.1) is 0 Å². The highest BCUT2D eigenvalue weighted by Gasteiger charge is 2.20. The number of aliphatic hydroxyl groups is 1. The van der Waals surface area contributed by atoms with Crippen LogP contribution in [0, 0.1) is 5.92 Å². The predicted octanol–water partition coefficient (Wildman–Crippen LogP) is 3.10. The second kappa shape index (κ2) is 9.37. The molecule has 0 fully saturated rings. The van der Waals surface area contributed by atoms with Crippen molar-refractivity contribution in [3.8, 4) is 0 Å². The number of ether oxygens (including phenoxy) is 1. The first-order valence-electron chi connectivity index (χ1n) is 7.29. The number of rotatable bonds is 8. The van der Waals surface area contributed by atoms with E-state index in [1.807, 2.05) is 30.3 Å². The van der Waals surface area contributed by atoms with Gasteiger partial charge in [0.1, 0.15) is 6.61 Å². The molecule has 1 aromatic rings. The predicted molar refractivity (Wildman–Crippen MR) is 79.3 cm³/mol. The Hall–Kier alpha value is -1.55. The number of benzene rings is 1. The van der Waals surface area contributed by atoms with Gasteiger partial charge in [0.25, 0.3) is 0 Å². The Bertz CT molecular complexity index is 377. The fraction of sp³-hybridized carbons (Fsp3) is 0.562. The summed E-state index contributed by atoms with van der Waals surface area (Å²) in [6.45, 7) is 4.52. The molecule has 20 heavy (non-hydrogen) atoms. The van der Waals surface area contributed by atoms with Crippen molar-refractivity contribution in [2.75, 3.05) is 6.61 Å². The highest BCUT2D eigenvalue weighted by molar-refractivity contribution is 5.67. The monoisotopic (exact) mass is 279 g/mol. The molecule has 0 bridgehead atoms. The van der Waals surface area contributed by atoms with E-state index in [1.54, 1.807) is 0 Å². The standard InChI is InChI=1S/C16H25NO3/c1-3-14(4-2)15(10-11-18)17-16(19)20-12-13-8-6-5-7-9-13/h5-9,14-15,18H,3-4,10-12H2,1-2H3,(H,17,19)/t15-/m0/s1. The van der Waals surface area contributed by atoms with Gasteiger partial charge in [0.2, 0.25) is 0 Å². The fourth-order valence-corrected chi connectivity index (χ4v) is 2.34. The van der Waals surface area contributed by atoms with E-state index in [4.69, 9.17) is 9.84 Å². The molecule has 0 aromatic heterocycles. The molecule has 4 heteroatoms. The zero-order valence-corrected chi connectivity index (χ0v) is 12.3. The molecule has 4 nitrogen and oxygen atoms in total. The Morgan fingerprint density at radius 2 is 1.90 bits per heavy atom.